The Bertz CT molecular complexity index is 1320. The number of allylic oxidation sites excluding steroid dienone is 16. The number of nitrogens with two attached hydrogens (primary N) is 1. The number of hydrogen-bond acceptors (Lipinski definition) is 8. The minimum atomic E-state index is -4.40. The van der Waals surface area contributed by atoms with E-state index in [0.29, 0.717) is 12.8 Å². The van der Waals surface area contributed by atoms with Crippen molar-refractivity contribution >= 4 is 19.8 Å². The Hall–Kier alpha value is -3.07. The Morgan fingerprint density at radius 3 is 1.36 bits per heavy atom. The van der Waals surface area contributed by atoms with E-state index < -0.39 is 32.5 Å². The van der Waals surface area contributed by atoms with E-state index in [1.807, 2.05) is 0 Å². The summed E-state index contributed by atoms with van der Waals surface area (Å²) < 4.78 is 32.8. The first-order valence-electron chi connectivity index (χ1n) is 23.7. The molecule has 2 atom stereocenters. The third kappa shape index (κ3) is 46.3. The molecule has 0 amide bonds. The summed E-state index contributed by atoms with van der Waals surface area (Å²) in [5.41, 5.74) is 5.35. The molecule has 3 N–H and O–H groups in total. The highest BCUT2D eigenvalue weighted by atomic mass is 31.2. The van der Waals surface area contributed by atoms with Crippen LogP contribution < -0.4 is 5.73 Å². The molecule has 0 aliphatic heterocycles. The molecule has 0 saturated carbocycles. The lowest BCUT2D eigenvalue weighted by atomic mass is 10.1. The van der Waals surface area contributed by atoms with Gasteiger partial charge in [0.05, 0.1) is 13.2 Å². The van der Waals surface area contributed by atoms with E-state index in [4.69, 9.17) is 24.3 Å². The van der Waals surface area contributed by atoms with E-state index >= 15 is 0 Å². The van der Waals surface area contributed by atoms with E-state index in [9.17, 15) is 19.0 Å². The van der Waals surface area contributed by atoms with E-state index in [-0.39, 0.29) is 32.6 Å². The second-order valence-electron chi connectivity index (χ2n) is 15.2. The molecule has 0 fully saturated rings. The van der Waals surface area contributed by atoms with Crippen LogP contribution in [0, 0.1) is 0 Å². The zero-order valence-electron chi connectivity index (χ0n) is 38.4. The molecule has 0 spiro atoms. The van der Waals surface area contributed by atoms with Gasteiger partial charge in [-0.1, -0.05) is 169 Å². The van der Waals surface area contributed by atoms with Crippen LogP contribution >= 0.6 is 7.82 Å². The molecule has 0 radical (unpaired) electrons. The zero-order chi connectivity index (χ0) is 44.6. The molecular weight excluding hydrogens is 786 g/mol. The van der Waals surface area contributed by atoms with Crippen LogP contribution in [0.3, 0.4) is 0 Å². The van der Waals surface area contributed by atoms with Gasteiger partial charge in [0.25, 0.3) is 0 Å². The minimum absolute atomic E-state index is 0.0400. The molecule has 0 bridgehead atoms. The zero-order valence-corrected chi connectivity index (χ0v) is 39.3. The monoisotopic (exact) mass is 872 g/mol. The molecule has 0 aromatic carbocycles. The number of esters is 2. The van der Waals surface area contributed by atoms with Crippen molar-refractivity contribution in [1.82, 2.24) is 0 Å². The van der Waals surface area contributed by atoms with E-state index in [2.05, 4.69) is 111 Å². The van der Waals surface area contributed by atoms with Crippen LogP contribution in [0.1, 0.15) is 181 Å². The van der Waals surface area contributed by atoms with Crippen LogP contribution in [-0.2, 0) is 32.7 Å². The number of carbonyl (C=O) groups excluding carboxylic acids is 2. The van der Waals surface area contributed by atoms with E-state index in [1.165, 1.54) is 38.5 Å². The fraction of sp³-hybridized carbons (Fsp3) is 0.647. The lowest BCUT2D eigenvalue weighted by Gasteiger charge is -2.19. The molecule has 0 heterocycles. The molecule has 348 valence electrons. The van der Waals surface area contributed by atoms with Gasteiger partial charge in [0.2, 0.25) is 0 Å². The Kier molecular flexibility index (Phi) is 44.1. The Morgan fingerprint density at radius 1 is 0.508 bits per heavy atom. The van der Waals surface area contributed by atoms with Crippen molar-refractivity contribution in [3.8, 4) is 0 Å². The Morgan fingerprint density at radius 2 is 0.902 bits per heavy atom. The number of carbonyl (C=O) groups is 2. The molecular formula is C51H86NO8P. The van der Waals surface area contributed by atoms with Gasteiger partial charge in [-0.25, -0.2) is 4.57 Å². The highest BCUT2D eigenvalue weighted by Gasteiger charge is 2.26. The summed E-state index contributed by atoms with van der Waals surface area (Å²) in [6, 6.07) is 0. The van der Waals surface area contributed by atoms with Gasteiger partial charge >= 0.3 is 19.8 Å². The van der Waals surface area contributed by atoms with Crippen molar-refractivity contribution in [1.29, 1.82) is 0 Å². The summed E-state index contributed by atoms with van der Waals surface area (Å²) in [6.07, 6.45) is 60.1. The lowest BCUT2D eigenvalue weighted by Crippen LogP contribution is -2.29. The van der Waals surface area contributed by atoms with Crippen LogP contribution in [0.5, 0.6) is 0 Å². The number of rotatable bonds is 43. The largest absolute Gasteiger partial charge is 0.472 e. The second-order valence-corrected chi connectivity index (χ2v) is 16.7. The van der Waals surface area contributed by atoms with E-state index in [1.54, 1.807) is 0 Å². The minimum Gasteiger partial charge on any atom is -0.462 e. The predicted octanol–water partition coefficient (Wildman–Crippen LogP) is 14.2. The summed E-state index contributed by atoms with van der Waals surface area (Å²) in [5.74, 6) is -0.889. The molecule has 0 rings (SSSR count). The fourth-order valence-corrected chi connectivity index (χ4v) is 6.73. The van der Waals surface area contributed by atoms with E-state index in [0.717, 1.165) is 103 Å². The van der Waals surface area contributed by atoms with Gasteiger partial charge in [-0.15, -0.1) is 0 Å². The van der Waals surface area contributed by atoms with Crippen LogP contribution in [0.4, 0.5) is 0 Å². The number of phosphoric ester groups is 1. The summed E-state index contributed by atoms with van der Waals surface area (Å²) in [7, 11) is -4.40. The summed E-state index contributed by atoms with van der Waals surface area (Å²) >= 11 is 0. The molecule has 9 nitrogen and oxygen atoms in total. The molecule has 0 aromatic rings. The standard InChI is InChI=1S/C51H86NO8P/c1-3-5-7-9-11-13-15-17-19-21-23-24-26-27-29-31-33-35-37-39-41-43-50(53)57-47-49(48-59-61(55,56)58-46-45-52)60-51(54)44-42-40-38-36-34-32-30-28-25-22-20-18-16-14-12-10-8-6-4-2/h6,8,12,14-15,17-18,20-21,23,25-28,32,34,49H,3-5,7,9-11,13,16,19,22,24,29-31,33,35-48,52H2,1-2H3,(H,55,56)/b8-6-,14-12-,17-15-,20-18-,23-21-,27-26-,28-25-,34-32-. The van der Waals surface area contributed by atoms with Gasteiger partial charge in [-0.2, -0.15) is 0 Å². The van der Waals surface area contributed by atoms with Crippen molar-refractivity contribution in [2.75, 3.05) is 26.4 Å². The lowest BCUT2D eigenvalue weighted by molar-refractivity contribution is -0.161. The molecule has 0 saturated heterocycles. The molecule has 0 aliphatic carbocycles. The van der Waals surface area contributed by atoms with Gasteiger partial charge in [-0.05, 0) is 96.3 Å². The molecule has 0 aliphatic rings. The quantitative estimate of drug-likeness (QED) is 0.0266. The summed E-state index contributed by atoms with van der Waals surface area (Å²) in [5, 5.41) is 0. The molecule has 61 heavy (non-hydrogen) atoms. The maximum absolute atomic E-state index is 12.6. The Balaban J connectivity index is 4.22. The maximum atomic E-state index is 12.6. The SMILES string of the molecule is CC/C=C\C/C=C\C/C=C\C/C=C\C/C=C\CCCCCC(=O)OC(COC(=O)CCCCCCCC/C=C\C/C=C\C/C=C\CCCCCCC)COP(=O)(O)OCCN. The maximum Gasteiger partial charge on any atom is 0.472 e. The summed E-state index contributed by atoms with van der Waals surface area (Å²) in [6.45, 7) is 3.54. The van der Waals surface area contributed by atoms with Gasteiger partial charge in [0, 0.05) is 19.4 Å². The van der Waals surface area contributed by atoms with Crippen LogP contribution in [0.15, 0.2) is 97.2 Å². The number of phosphoric acid groups is 1. The van der Waals surface area contributed by atoms with Gasteiger partial charge in [0.15, 0.2) is 6.10 Å². The third-order valence-corrected chi connectivity index (χ3v) is 10.4. The van der Waals surface area contributed by atoms with Gasteiger partial charge in [0.1, 0.15) is 6.61 Å². The predicted molar refractivity (Wildman–Crippen MR) is 256 cm³/mol. The highest BCUT2D eigenvalue weighted by Crippen LogP contribution is 2.43. The summed E-state index contributed by atoms with van der Waals surface area (Å²) in [4.78, 5) is 35.0. The van der Waals surface area contributed by atoms with Crippen LogP contribution in [0.2, 0.25) is 0 Å². The number of hydrogen-bond donors (Lipinski definition) is 2. The highest BCUT2D eigenvalue weighted by molar-refractivity contribution is 7.47. The normalized spacial score (nSPS) is 14.1. The van der Waals surface area contributed by atoms with Crippen molar-refractivity contribution in [3.05, 3.63) is 97.2 Å². The molecule has 2 unspecified atom stereocenters. The topological polar surface area (TPSA) is 134 Å². The first kappa shape index (κ1) is 57.9. The van der Waals surface area contributed by atoms with Crippen LogP contribution in [0.25, 0.3) is 0 Å². The third-order valence-electron chi connectivity index (χ3n) is 9.45. The number of unbranched alkanes of at least 4 members (excludes halogenated alkanes) is 14. The Labute approximate surface area is 372 Å². The van der Waals surface area contributed by atoms with Crippen molar-refractivity contribution < 1.29 is 37.6 Å². The number of ether oxygens (including phenoxy) is 2. The average Bonchev–Trinajstić information content (AvgIpc) is 3.25. The first-order chi connectivity index (χ1) is 29.8. The molecule has 10 heteroatoms. The van der Waals surface area contributed by atoms with Gasteiger partial charge in [-0.3, -0.25) is 18.6 Å². The first-order valence-corrected chi connectivity index (χ1v) is 25.2. The smallest absolute Gasteiger partial charge is 0.462 e. The fourth-order valence-electron chi connectivity index (χ4n) is 5.96. The van der Waals surface area contributed by atoms with Crippen LogP contribution in [-0.4, -0.2) is 49.3 Å². The average molecular weight is 872 g/mol. The van der Waals surface area contributed by atoms with Crippen molar-refractivity contribution in [2.45, 2.75) is 187 Å². The van der Waals surface area contributed by atoms with Crippen molar-refractivity contribution in [2.24, 2.45) is 5.73 Å². The van der Waals surface area contributed by atoms with Crippen molar-refractivity contribution in [3.63, 3.8) is 0 Å². The van der Waals surface area contributed by atoms with Gasteiger partial charge < -0.3 is 20.1 Å². The molecule has 0 aromatic heterocycles. The second kappa shape index (κ2) is 46.4.